The number of carbonyl (C=O) groups is 1. The average molecular weight is 280 g/mol. The van der Waals surface area contributed by atoms with Crippen molar-refractivity contribution in [1.82, 2.24) is 15.1 Å². The van der Waals surface area contributed by atoms with Gasteiger partial charge in [-0.05, 0) is 18.2 Å². The summed E-state index contributed by atoms with van der Waals surface area (Å²) in [5, 5.41) is 7.11. The summed E-state index contributed by atoms with van der Waals surface area (Å²) in [6, 6.07) is 6.96. The number of amides is 1. The van der Waals surface area contributed by atoms with Crippen LogP contribution in [0.5, 0.6) is 5.75 Å². The number of hydrogen-bond acceptors (Lipinski definition) is 3. The third kappa shape index (κ3) is 3.99. The van der Waals surface area contributed by atoms with E-state index >= 15 is 0 Å². The van der Waals surface area contributed by atoms with Crippen LogP contribution in [0.3, 0.4) is 0 Å². The third-order valence-electron chi connectivity index (χ3n) is 2.56. The van der Waals surface area contributed by atoms with Gasteiger partial charge in [-0.3, -0.25) is 9.89 Å². The molecule has 0 atom stereocenters. The van der Waals surface area contributed by atoms with Crippen molar-refractivity contribution in [2.75, 3.05) is 13.7 Å². The van der Waals surface area contributed by atoms with Gasteiger partial charge in [-0.15, -0.1) is 0 Å². The molecular weight excluding hydrogens is 266 g/mol. The Bertz CT molecular complexity index is 543. The fraction of sp³-hybridized carbons (Fsp3) is 0.231. The van der Waals surface area contributed by atoms with Gasteiger partial charge in [0.25, 0.3) is 5.91 Å². The number of benzene rings is 1. The lowest BCUT2D eigenvalue weighted by Gasteiger charge is -2.16. The molecule has 0 radical (unpaired) electrons. The number of H-pyrrole nitrogens is 1. The molecule has 0 aliphatic rings. The molecule has 0 saturated heterocycles. The van der Waals surface area contributed by atoms with E-state index in [9.17, 15) is 4.79 Å². The molecule has 19 heavy (non-hydrogen) atoms. The van der Waals surface area contributed by atoms with Gasteiger partial charge < -0.3 is 9.64 Å². The number of halogens is 1. The highest BCUT2D eigenvalue weighted by Crippen LogP contribution is 2.17. The lowest BCUT2D eigenvalue weighted by Crippen LogP contribution is -2.30. The molecule has 1 aromatic heterocycles. The number of ether oxygens (including phenoxy) is 1. The van der Waals surface area contributed by atoms with Gasteiger partial charge in [-0.2, -0.15) is 5.10 Å². The van der Waals surface area contributed by atoms with Crippen molar-refractivity contribution in [2.24, 2.45) is 0 Å². The van der Waals surface area contributed by atoms with Gasteiger partial charge in [0.05, 0.1) is 6.20 Å². The molecule has 0 unspecified atom stereocenters. The topological polar surface area (TPSA) is 58.2 Å². The number of aromatic amines is 1. The molecule has 2 rings (SSSR count). The fourth-order valence-electron chi connectivity index (χ4n) is 1.54. The Morgan fingerprint density at radius 1 is 1.53 bits per heavy atom. The molecule has 1 heterocycles. The predicted molar refractivity (Wildman–Crippen MR) is 72.0 cm³/mol. The second-order valence-corrected chi connectivity index (χ2v) is 4.54. The van der Waals surface area contributed by atoms with E-state index in [0.717, 1.165) is 5.56 Å². The molecule has 2 aromatic rings. The van der Waals surface area contributed by atoms with Crippen molar-refractivity contribution in [1.29, 1.82) is 0 Å². The van der Waals surface area contributed by atoms with Crippen molar-refractivity contribution in [3.63, 3.8) is 0 Å². The summed E-state index contributed by atoms with van der Waals surface area (Å²) in [4.78, 5) is 13.4. The number of nitrogens with zero attached hydrogens (tertiary/aromatic N) is 2. The molecule has 1 amide bonds. The van der Waals surface area contributed by atoms with Crippen LogP contribution in [-0.4, -0.2) is 34.7 Å². The van der Waals surface area contributed by atoms with Crippen molar-refractivity contribution < 1.29 is 9.53 Å². The van der Waals surface area contributed by atoms with Crippen LogP contribution >= 0.6 is 11.6 Å². The number of aromatic nitrogens is 2. The lowest BCUT2D eigenvalue weighted by atomic mass is 10.3. The highest BCUT2D eigenvalue weighted by Gasteiger charge is 2.10. The molecule has 6 heteroatoms. The van der Waals surface area contributed by atoms with E-state index in [2.05, 4.69) is 10.2 Å². The Morgan fingerprint density at radius 2 is 2.37 bits per heavy atom. The maximum atomic E-state index is 11.9. The molecule has 5 nitrogen and oxygen atoms in total. The largest absolute Gasteiger partial charge is 0.484 e. The summed E-state index contributed by atoms with van der Waals surface area (Å²) in [7, 11) is 1.72. The number of carbonyl (C=O) groups excluding carboxylic acids is 1. The van der Waals surface area contributed by atoms with E-state index in [0.29, 0.717) is 17.3 Å². The highest BCUT2D eigenvalue weighted by atomic mass is 35.5. The zero-order valence-corrected chi connectivity index (χ0v) is 11.2. The first kappa shape index (κ1) is 13.4. The van der Waals surface area contributed by atoms with E-state index in [1.807, 2.05) is 0 Å². The van der Waals surface area contributed by atoms with Crippen molar-refractivity contribution in [3.8, 4) is 5.75 Å². The predicted octanol–water partition coefficient (Wildman–Crippen LogP) is 2.10. The number of rotatable bonds is 5. The molecule has 100 valence electrons. The quantitative estimate of drug-likeness (QED) is 0.912. The van der Waals surface area contributed by atoms with E-state index in [4.69, 9.17) is 16.3 Å². The summed E-state index contributed by atoms with van der Waals surface area (Å²) in [6.07, 6.45) is 3.43. The molecule has 0 bridgehead atoms. The van der Waals surface area contributed by atoms with Crippen molar-refractivity contribution >= 4 is 17.5 Å². The van der Waals surface area contributed by atoms with Gasteiger partial charge in [0.2, 0.25) is 0 Å². The molecule has 0 aliphatic heterocycles. The first-order chi connectivity index (χ1) is 9.15. The third-order valence-corrected chi connectivity index (χ3v) is 2.79. The first-order valence-corrected chi connectivity index (χ1v) is 6.13. The summed E-state index contributed by atoms with van der Waals surface area (Å²) in [6.45, 7) is 0.475. The van der Waals surface area contributed by atoms with Crippen molar-refractivity contribution in [2.45, 2.75) is 6.54 Å². The number of nitrogens with one attached hydrogen (secondary N) is 1. The van der Waals surface area contributed by atoms with Gasteiger partial charge in [0.1, 0.15) is 5.75 Å². The Balaban J connectivity index is 1.84. The fourth-order valence-corrected chi connectivity index (χ4v) is 1.72. The summed E-state index contributed by atoms with van der Waals surface area (Å²) < 4.78 is 5.39. The van der Waals surface area contributed by atoms with Gasteiger partial charge in [-0.25, -0.2) is 0 Å². The maximum Gasteiger partial charge on any atom is 0.260 e. The summed E-state index contributed by atoms with van der Waals surface area (Å²) in [5.41, 5.74) is 0.943. The van der Waals surface area contributed by atoms with Gasteiger partial charge >= 0.3 is 0 Å². The number of hydrogen-bond donors (Lipinski definition) is 1. The monoisotopic (exact) mass is 279 g/mol. The minimum Gasteiger partial charge on any atom is -0.484 e. The molecular formula is C13H14ClN3O2. The van der Waals surface area contributed by atoms with Gasteiger partial charge in [0, 0.05) is 30.4 Å². The second-order valence-electron chi connectivity index (χ2n) is 4.10. The standard InChI is InChI=1S/C13H14ClN3O2/c1-17(8-10-6-15-16-7-10)13(18)9-19-12-4-2-3-11(14)5-12/h2-7H,8-9H2,1H3,(H,15,16). The van der Waals surface area contributed by atoms with Crippen molar-refractivity contribution in [3.05, 3.63) is 47.2 Å². The van der Waals surface area contributed by atoms with Crippen LogP contribution in [-0.2, 0) is 11.3 Å². The minimum absolute atomic E-state index is 0.0192. The summed E-state index contributed by atoms with van der Waals surface area (Å²) >= 11 is 5.83. The number of likely N-dealkylation sites (N-methyl/N-ethyl adjacent to an activating group) is 1. The first-order valence-electron chi connectivity index (χ1n) is 5.75. The van der Waals surface area contributed by atoms with E-state index < -0.39 is 0 Å². The zero-order valence-electron chi connectivity index (χ0n) is 10.5. The van der Waals surface area contributed by atoms with Crippen LogP contribution in [0.2, 0.25) is 5.02 Å². The SMILES string of the molecule is CN(Cc1cn[nH]c1)C(=O)COc1cccc(Cl)c1. The maximum absolute atomic E-state index is 11.9. The normalized spacial score (nSPS) is 10.2. The van der Waals surface area contributed by atoms with Gasteiger partial charge in [-0.1, -0.05) is 17.7 Å². The molecule has 0 saturated carbocycles. The Kier molecular flexibility index (Phi) is 4.41. The van der Waals surface area contributed by atoms with Crippen LogP contribution < -0.4 is 4.74 Å². The zero-order chi connectivity index (χ0) is 13.7. The average Bonchev–Trinajstić information content (AvgIpc) is 2.89. The smallest absolute Gasteiger partial charge is 0.260 e. The highest BCUT2D eigenvalue weighted by molar-refractivity contribution is 6.30. The molecule has 1 N–H and O–H groups in total. The Hall–Kier alpha value is -2.01. The van der Waals surface area contributed by atoms with E-state index in [1.54, 1.807) is 48.6 Å². The van der Waals surface area contributed by atoms with Crippen LogP contribution in [0, 0.1) is 0 Å². The Morgan fingerprint density at radius 3 is 3.05 bits per heavy atom. The van der Waals surface area contributed by atoms with E-state index in [1.165, 1.54) is 0 Å². The molecule has 1 aromatic carbocycles. The second kappa shape index (κ2) is 6.24. The van der Waals surface area contributed by atoms with Crippen LogP contribution in [0.25, 0.3) is 0 Å². The van der Waals surface area contributed by atoms with Gasteiger partial charge in [0.15, 0.2) is 6.61 Å². The molecule has 0 aliphatic carbocycles. The molecule has 0 fully saturated rings. The van der Waals surface area contributed by atoms with E-state index in [-0.39, 0.29) is 12.5 Å². The summed E-state index contributed by atoms with van der Waals surface area (Å²) in [5.74, 6) is 0.471. The van der Waals surface area contributed by atoms with Crippen LogP contribution in [0.1, 0.15) is 5.56 Å². The lowest BCUT2D eigenvalue weighted by molar-refractivity contribution is -0.132. The van der Waals surface area contributed by atoms with Crippen LogP contribution in [0.15, 0.2) is 36.7 Å². The molecule has 0 spiro atoms. The minimum atomic E-state index is -0.110. The van der Waals surface area contributed by atoms with Crippen LogP contribution in [0.4, 0.5) is 0 Å². The Labute approximate surface area is 116 Å².